The summed E-state index contributed by atoms with van der Waals surface area (Å²) in [6, 6.07) is 2.08. The first-order valence-electron chi connectivity index (χ1n) is 3.82. The van der Waals surface area contributed by atoms with Gasteiger partial charge in [0.1, 0.15) is 0 Å². The molecule has 0 saturated heterocycles. The van der Waals surface area contributed by atoms with Crippen LogP contribution in [0.2, 0.25) is 0 Å². The molecule has 76 valence electrons. The van der Waals surface area contributed by atoms with Gasteiger partial charge in [-0.3, -0.25) is 10.1 Å². The lowest BCUT2D eigenvalue weighted by atomic mass is 10.3. The summed E-state index contributed by atoms with van der Waals surface area (Å²) in [6.07, 6.45) is 0. The summed E-state index contributed by atoms with van der Waals surface area (Å²) >= 11 is 2.90. The first-order valence-corrected chi connectivity index (χ1v) is 4.61. The summed E-state index contributed by atoms with van der Waals surface area (Å²) in [6.45, 7) is 1.93. The van der Waals surface area contributed by atoms with Gasteiger partial charge in [0.15, 0.2) is 11.6 Å². The smallest absolute Gasteiger partial charge is 0.287 e. The summed E-state index contributed by atoms with van der Waals surface area (Å²) in [7, 11) is 0. The van der Waals surface area contributed by atoms with Crippen LogP contribution in [-0.4, -0.2) is 11.5 Å². The van der Waals surface area contributed by atoms with Crippen molar-refractivity contribution in [2.45, 2.75) is 6.92 Å². The van der Waals surface area contributed by atoms with Crippen LogP contribution in [0.3, 0.4) is 0 Å². The van der Waals surface area contributed by atoms with Gasteiger partial charge in [0.2, 0.25) is 0 Å². The van der Waals surface area contributed by atoms with Crippen LogP contribution in [-0.2, 0) is 0 Å². The van der Waals surface area contributed by atoms with Gasteiger partial charge in [-0.25, -0.2) is 4.39 Å². The zero-order valence-electron chi connectivity index (χ0n) is 7.29. The van der Waals surface area contributed by atoms with Gasteiger partial charge in [-0.2, -0.15) is 0 Å². The van der Waals surface area contributed by atoms with Crippen LogP contribution >= 0.6 is 15.9 Å². The Balaban J connectivity index is 3.20. The predicted molar refractivity (Wildman–Crippen MR) is 51.9 cm³/mol. The fourth-order valence-corrected chi connectivity index (χ4v) is 1.38. The molecule has 0 amide bonds. The van der Waals surface area contributed by atoms with E-state index in [1.54, 1.807) is 6.92 Å². The van der Waals surface area contributed by atoms with Gasteiger partial charge in [-0.1, -0.05) is 0 Å². The largest absolute Gasteiger partial charge is 0.491 e. The first-order chi connectivity index (χ1) is 6.56. The summed E-state index contributed by atoms with van der Waals surface area (Å²) in [4.78, 5) is 9.88. The van der Waals surface area contributed by atoms with Crippen LogP contribution in [0.15, 0.2) is 16.6 Å². The molecule has 1 aromatic rings. The molecule has 6 heteroatoms. The maximum atomic E-state index is 13.1. The molecule has 0 heterocycles. The molecule has 0 saturated carbocycles. The number of rotatable bonds is 3. The Kier molecular flexibility index (Phi) is 3.40. The lowest BCUT2D eigenvalue weighted by Gasteiger charge is -2.04. The Hall–Kier alpha value is -1.17. The highest BCUT2D eigenvalue weighted by molar-refractivity contribution is 9.10. The van der Waals surface area contributed by atoms with Gasteiger partial charge in [0.25, 0.3) is 5.69 Å². The Labute approximate surface area is 88.0 Å². The number of hydrogen-bond donors (Lipinski definition) is 0. The minimum atomic E-state index is -0.621. The molecule has 0 aliphatic heterocycles. The second kappa shape index (κ2) is 4.36. The summed E-state index contributed by atoms with van der Waals surface area (Å²) in [5.74, 6) is -0.730. The molecule has 0 fully saturated rings. The van der Waals surface area contributed by atoms with Crippen LogP contribution in [0, 0.1) is 15.9 Å². The van der Waals surface area contributed by atoms with Crippen LogP contribution in [0.25, 0.3) is 0 Å². The van der Waals surface area contributed by atoms with Crippen molar-refractivity contribution >= 4 is 21.6 Å². The molecule has 0 bridgehead atoms. The third-order valence-corrected chi connectivity index (χ3v) is 2.13. The van der Waals surface area contributed by atoms with Crippen molar-refractivity contribution in [3.05, 3.63) is 32.5 Å². The van der Waals surface area contributed by atoms with Crippen LogP contribution in [0.4, 0.5) is 10.1 Å². The zero-order chi connectivity index (χ0) is 10.7. The predicted octanol–water partition coefficient (Wildman–Crippen LogP) is 2.90. The number of nitro groups is 1. The normalized spacial score (nSPS) is 9.93. The lowest BCUT2D eigenvalue weighted by molar-refractivity contribution is -0.385. The monoisotopic (exact) mass is 263 g/mol. The molecule has 4 nitrogen and oxygen atoms in total. The van der Waals surface area contributed by atoms with E-state index in [9.17, 15) is 14.5 Å². The van der Waals surface area contributed by atoms with E-state index in [4.69, 9.17) is 4.74 Å². The molecule has 0 aromatic heterocycles. The third kappa shape index (κ3) is 2.20. The Morgan fingerprint density at radius 1 is 1.64 bits per heavy atom. The van der Waals surface area contributed by atoms with Crippen LogP contribution < -0.4 is 4.74 Å². The summed E-state index contributed by atoms with van der Waals surface area (Å²) in [5.41, 5.74) is -0.213. The average Bonchev–Trinajstić information content (AvgIpc) is 2.09. The number of benzene rings is 1. The van der Waals surface area contributed by atoms with E-state index >= 15 is 0 Å². The number of nitro benzene ring substituents is 1. The number of halogens is 2. The van der Waals surface area contributed by atoms with Gasteiger partial charge in [-0.15, -0.1) is 0 Å². The zero-order valence-corrected chi connectivity index (χ0v) is 8.88. The number of ether oxygens (including phenoxy) is 1. The summed E-state index contributed by atoms with van der Waals surface area (Å²) < 4.78 is 18.1. The van der Waals surface area contributed by atoms with Crippen molar-refractivity contribution < 1.29 is 14.1 Å². The van der Waals surface area contributed by atoms with E-state index in [0.717, 1.165) is 12.1 Å². The van der Waals surface area contributed by atoms with E-state index in [2.05, 4.69) is 15.9 Å². The van der Waals surface area contributed by atoms with E-state index in [1.165, 1.54) is 0 Å². The molecule has 0 radical (unpaired) electrons. The SMILES string of the molecule is CCOc1cc([N+](=O)[O-])c(Br)cc1F. The molecule has 0 aliphatic rings. The van der Waals surface area contributed by atoms with Crippen molar-refractivity contribution in [1.82, 2.24) is 0 Å². The molecule has 0 unspecified atom stereocenters. The summed E-state index contributed by atoms with van der Waals surface area (Å²) in [5, 5.41) is 10.5. The molecule has 1 rings (SSSR count). The fourth-order valence-electron chi connectivity index (χ4n) is 0.924. The Morgan fingerprint density at radius 2 is 2.29 bits per heavy atom. The van der Waals surface area contributed by atoms with E-state index in [1.807, 2.05) is 0 Å². The van der Waals surface area contributed by atoms with Crippen molar-refractivity contribution in [2.24, 2.45) is 0 Å². The van der Waals surface area contributed by atoms with E-state index in [0.29, 0.717) is 0 Å². The van der Waals surface area contributed by atoms with Crippen LogP contribution in [0.1, 0.15) is 6.92 Å². The second-order valence-corrected chi connectivity index (χ2v) is 3.28. The van der Waals surface area contributed by atoms with Gasteiger partial charge >= 0.3 is 0 Å². The number of hydrogen-bond acceptors (Lipinski definition) is 3. The highest BCUT2D eigenvalue weighted by Gasteiger charge is 2.17. The molecular weight excluding hydrogens is 257 g/mol. The van der Waals surface area contributed by atoms with Gasteiger partial charge in [-0.05, 0) is 28.9 Å². The topological polar surface area (TPSA) is 52.4 Å². The average molecular weight is 264 g/mol. The minimum Gasteiger partial charge on any atom is -0.491 e. The Morgan fingerprint density at radius 3 is 2.79 bits per heavy atom. The maximum absolute atomic E-state index is 13.1. The molecule has 0 N–H and O–H groups in total. The molecule has 0 aliphatic carbocycles. The quantitative estimate of drug-likeness (QED) is 0.623. The Bertz CT molecular complexity index is 370. The number of nitrogens with zero attached hydrogens (tertiary/aromatic N) is 1. The van der Waals surface area contributed by atoms with E-state index in [-0.39, 0.29) is 22.5 Å². The molecule has 1 aromatic carbocycles. The standard InChI is InChI=1S/C8H7BrFNO3/c1-2-14-8-4-7(11(12)13)5(9)3-6(8)10/h3-4H,2H2,1H3. The van der Waals surface area contributed by atoms with Gasteiger partial charge in [0.05, 0.1) is 22.1 Å². The van der Waals surface area contributed by atoms with Crippen LogP contribution in [0.5, 0.6) is 5.75 Å². The van der Waals surface area contributed by atoms with Crippen molar-refractivity contribution in [3.8, 4) is 5.75 Å². The minimum absolute atomic E-state index is 0.100. The third-order valence-electron chi connectivity index (χ3n) is 1.50. The second-order valence-electron chi connectivity index (χ2n) is 2.42. The first kappa shape index (κ1) is 10.9. The van der Waals surface area contributed by atoms with E-state index < -0.39 is 10.7 Å². The molecule has 0 spiro atoms. The maximum Gasteiger partial charge on any atom is 0.287 e. The fraction of sp³-hybridized carbons (Fsp3) is 0.250. The van der Waals surface area contributed by atoms with Gasteiger partial charge in [0, 0.05) is 0 Å². The molecule has 14 heavy (non-hydrogen) atoms. The molecular formula is C8H7BrFNO3. The van der Waals surface area contributed by atoms with Crippen molar-refractivity contribution in [1.29, 1.82) is 0 Å². The highest BCUT2D eigenvalue weighted by atomic mass is 79.9. The highest BCUT2D eigenvalue weighted by Crippen LogP contribution is 2.31. The van der Waals surface area contributed by atoms with Crippen molar-refractivity contribution in [2.75, 3.05) is 6.61 Å². The van der Waals surface area contributed by atoms with Gasteiger partial charge < -0.3 is 4.74 Å². The molecule has 0 atom stereocenters. The van der Waals surface area contributed by atoms with Crippen molar-refractivity contribution in [3.63, 3.8) is 0 Å². The lowest BCUT2D eigenvalue weighted by Crippen LogP contribution is -1.97.